The number of nitrogens with zero attached hydrogens (tertiary/aromatic N) is 4. The maximum atomic E-state index is 13.7. The predicted octanol–water partition coefficient (Wildman–Crippen LogP) is 5.84. The van der Waals surface area contributed by atoms with E-state index in [9.17, 15) is 34.2 Å². The number of aromatic hydroxyl groups is 1. The molecular weight excluding hydrogens is 1060 g/mol. The molecular formula is C54H66Cl4N8O10. The van der Waals surface area contributed by atoms with E-state index in [0.717, 1.165) is 55.3 Å². The number of phenols is 1. The second kappa shape index (κ2) is 24.7. The topological polar surface area (TPSA) is 226 Å². The Hall–Kier alpha value is -5.18. The zero-order valence-corrected chi connectivity index (χ0v) is 45.7. The maximum absolute atomic E-state index is 13.7. The molecule has 0 radical (unpaired) electrons. The van der Waals surface area contributed by atoms with Gasteiger partial charge < -0.3 is 55.5 Å². The molecule has 22 heteroatoms. The van der Waals surface area contributed by atoms with Crippen LogP contribution in [-0.4, -0.2) is 155 Å². The Morgan fingerprint density at radius 3 is 2.12 bits per heavy atom. The van der Waals surface area contributed by atoms with Crippen molar-refractivity contribution in [2.45, 2.75) is 113 Å². The molecule has 410 valence electrons. The average molecular weight is 1130 g/mol. The van der Waals surface area contributed by atoms with Crippen molar-refractivity contribution in [3.63, 3.8) is 0 Å². The highest BCUT2D eigenvalue weighted by Crippen LogP contribution is 2.65. The van der Waals surface area contributed by atoms with Gasteiger partial charge in [0.1, 0.15) is 32.5 Å². The van der Waals surface area contributed by atoms with Crippen LogP contribution in [0, 0.1) is 6.92 Å². The van der Waals surface area contributed by atoms with Crippen LogP contribution in [0.4, 0.5) is 0 Å². The van der Waals surface area contributed by atoms with E-state index >= 15 is 0 Å². The Morgan fingerprint density at radius 2 is 1.43 bits per heavy atom. The van der Waals surface area contributed by atoms with Crippen LogP contribution in [0.15, 0.2) is 54.6 Å². The standard InChI is InChI=1S/C54H65Cl3N8O10.ClH/c1-32-48(62-65(40-14-13-36(56)27-38(40)57)49(32)33-8-11-35(55)12-9-33)52(71)60-37-17-23-64(24-18-37)46(70)31-74-29-44(68)59-22-7-5-3-4-6-21-58-43(67)28-73-30-45(69)61-39-16-19-54(72)42-26-34-10-15-41(66)50-47(34)53(54,51(39)75-50)20-25-63(42)2;/h8-15,27,37,39,42,51,66,72H,3-7,16-26,28-31H2,1-2H3,(H,58,67)(H,59,68)(H,60,71)(H,61,69);1H/t39-,42+,51-,53-,54+;/m0./s1. The van der Waals surface area contributed by atoms with Crippen molar-refractivity contribution in [3.8, 4) is 28.4 Å². The molecule has 5 atom stereocenters. The third-order valence-electron chi connectivity index (χ3n) is 15.8. The first-order valence-corrected chi connectivity index (χ1v) is 27.0. The molecule has 2 bridgehead atoms. The lowest BCUT2D eigenvalue weighted by molar-refractivity contribution is -0.187. The maximum Gasteiger partial charge on any atom is 0.272 e. The molecule has 3 aliphatic heterocycles. The van der Waals surface area contributed by atoms with Gasteiger partial charge in [-0.05, 0) is 114 Å². The number of carbonyl (C=O) groups excluding carboxylic acids is 5. The van der Waals surface area contributed by atoms with Crippen LogP contribution in [-0.2, 0) is 40.5 Å². The molecule has 2 aliphatic carbocycles. The average Bonchev–Trinajstić information content (AvgIpc) is 3.95. The molecule has 6 N–H and O–H groups in total. The Morgan fingerprint density at radius 1 is 0.789 bits per heavy atom. The van der Waals surface area contributed by atoms with E-state index < -0.39 is 23.2 Å². The first-order valence-electron chi connectivity index (χ1n) is 25.9. The summed E-state index contributed by atoms with van der Waals surface area (Å²) in [7, 11) is 2.04. The van der Waals surface area contributed by atoms with Crippen molar-refractivity contribution >= 4 is 76.7 Å². The Kier molecular flexibility index (Phi) is 18.5. The second-order valence-corrected chi connectivity index (χ2v) is 21.7. The van der Waals surface area contributed by atoms with Crippen molar-refractivity contribution in [3.05, 3.63) is 92.0 Å². The number of hydrogen-bond acceptors (Lipinski definition) is 12. The minimum atomic E-state index is -1.06. The van der Waals surface area contributed by atoms with Crippen molar-refractivity contribution in [2.75, 3.05) is 66.2 Å². The number of likely N-dealkylation sites (N-methyl/N-ethyl adjacent to an activating group) is 1. The van der Waals surface area contributed by atoms with Gasteiger partial charge in [-0.25, -0.2) is 4.68 Å². The number of halogens is 4. The van der Waals surface area contributed by atoms with Crippen LogP contribution in [0.3, 0.4) is 0 Å². The number of nitrogens with one attached hydrogen (secondary N) is 4. The van der Waals surface area contributed by atoms with Crippen LogP contribution in [0.1, 0.15) is 91.4 Å². The Bertz CT molecular complexity index is 2790. The van der Waals surface area contributed by atoms with Gasteiger partial charge in [0.2, 0.25) is 23.6 Å². The molecule has 4 aromatic rings. The summed E-state index contributed by atoms with van der Waals surface area (Å²) >= 11 is 18.9. The SMILES string of the molecule is Cc1c(C(=O)NC2CCN(C(=O)COCC(=O)NCCCCCCCNC(=O)COCC(=O)N[C@H]3CC[C@@]4(O)[C@H]5Cc6ccc(O)c7c6[C@@]4(CCN5C)[C@H]3O7)CC2)nn(-c2ccc(Cl)cc2Cl)c1-c1ccc(Cl)cc1.Cl. The number of piperidine rings is 2. The summed E-state index contributed by atoms with van der Waals surface area (Å²) in [5.74, 6) is -1.12. The summed E-state index contributed by atoms with van der Waals surface area (Å²) in [4.78, 5) is 68.5. The fraction of sp³-hybridized carbons (Fsp3) is 0.519. The predicted molar refractivity (Wildman–Crippen MR) is 289 cm³/mol. The van der Waals surface area contributed by atoms with Crippen LogP contribution in [0.25, 0.3) is 16.9 Å². The van der Waals surface area contributed by atoms with Gasteiger partial charge >= 0.3 is 0 Å². The molecule has 4 heterocycles. The number of benzene rings is 3. The largest absolute Gasteiger partial charge is 0.504 e. The summed E-state index contributed by atoms with van der Waals surface area (Å²) in [6, 6.07) is 15.2. The van der Waals surface area contributed by atoms with Gasteiger partial charge in [-0.15, -0.1) is 12.4 Å². The Balaban J connectivity index is 0.00000765. The third-order valence-corrected chi connectivity index (χ3v) is 16.6. The zero-order valence-electron chi connectivity index (χ0n) is 42.6. The van der Waals surface area contributed by atoms with E-state index in [-0.39, 0.29) is 91.9 Å². The number of rotatable bonds is 21. The summed E-state index contributed by atoms with van der Waals surface area (Å²) in [6.45, 7) is 3.34. The summed E-state index contributed by atoms with van der Waals surface area (Å²) < 4.78 is 19.0. The number of phenolic OH excluding ortho intramolecular Hbond substituents is 1. The lowest BCUT2D eigenvalue weighted by atomic mass is 9.48. The lowest BCUT2D eigenvalue weighted by Crippen LogP contribution is -2.77. The number of carbonyl (C=O) groups is 5. The highest BCUT2D eigenvalue weighted by Gasteiger charge is 2.72. The van der Waals surface area contributed by atoms with Gasteiger partial charge in [0.15, 0.2) is 17.2 Å². The smallest absolute Gasteiger partial charge is 0.272 e. The quantitative estimate of drug-likeness (QED) is 0.0542. The molecule has 1 saturated carbocycles. The number of ether oxygens (including phenoxy) is 3. The Labute approximate surface area is 463 Å². The van der Waals surface area contributed by atoms with E-state index in [2.05, 4.69) is 26.2 Å². The molecule has 76 heavy (non-hydrogen) atoms. The molecule has 9 rings (SSSR count). The van der Waals surface area contributed by atoms with Gasteiger partial charge in [-0.3, -0.25) is 24.0 Å². The molecule has 3 aromatic carbocycles. The van der Waals surface area contributed by atoms with Crippen LogP contribution in [0.5, 0.6) is 11.5 Å². The first kappa shape index (κ1) is 57.0. The fourth-order valence-electron chi connectivity index (χ4n) is 12.1. The molecule has 3 fully saturated rings. The zero-order chi connectivity index (χ0) is 53.0. The highest BCUT2D eigenvalue weighted by atomic mass is 35.5. The van der Waals surface area contributed by atoms with Gasteiger partial charge in [0, 0.05) is 65.0 Å². The number of amides is 5. The first-order chi connectivity index (χ1) is 36.1. The van der Waals surface area contributed by atoms with Crippen molar-refractivity contribution < 1.29 is 48.4 Å². The number of likely N-dealkylation sites (tertiary alicyclic amines) is 2. The number of aliphatic hydroxyl groups is 1. The molecule has 1 aromatic heterocycles. The van der Waals surface area contributed by atoms with E-state index in [4.69, 9.17) is 54.1 Å². The number of unbranched alkanes of at least 4 members (excludes halogenated alkanes) is 4. The monoisotopic (exact) mass is 1130 g/mol. The summed E-state index contributed by atoms with van der Waals surface area (Å²) in [5.41, 5.74) is 3.09. The van der Waals surface area contributed by atoms with E-state index in [1.54, 1.807) is 46.0 Å². The molecule has 1 spiro atoms. The fourth-order valence-corrected chi connectivity index (χ4v) is 12.7. The lowest BCUT2D eigenvalue weighted by Gasteiger charge is -2.63. The third kappa shape index (κ3) is 11.8. The van der Waals surface area contributed by atoms with Crippen molar-refractivity contribution in [1.29, 1.82) is 0 Å². The minimum Gasteiger partial charge on any atom is -0.504 e. The molecule has 0 unspecified atom stereocenters. The minimum absolute atomic E-state index is 0. The van der Waals surface area contributed by atoms with Crippen molar-refractivity contribution in [1.82, 2.24) is 40.8 Å². The molecule has 5 aliphatic rings. The normalized spacial score (nSPS) is 22.4. The molecule has 2 saturated heterocycles. The second-order valence-electron chi connectivity index (χ2n) is 20.5. The summed E-state index contributed by atoms with van der Waals surface area (Å²) in [5, 5.41) is 41.0. The van der Waals surface area contributed by atoms with Crippen LogP contribution < -0.4 is 26.0 Å². The van der Waals surface area contributed by atoms with E-state index in [1.165, 1.54) is 0 Å². The van der Waals surface area contributed by atoms with Gasteiger partial charge in [-0.2, -0.15) is 5.10 Å². The molecule has 5 amide bonds. The van der Waals surface area contributed by atoms with E-state index in [1.807, 2.05) is 32.2 Å². The highest BCUT2D eigenvalue weighted by molar-refractivity contribution is 6.35. The van der Waals surface area contributed by atoms with Gasteiger partial charge in [0.05, 0.1) is 33.5 Å². The van der Waals surface area contributed by atoms with E-state index in [0.29, 0.717) is 102 Å². The number of aromatic nitrogens is 2. The van der Waals surface area contributed by atoms with Crippen LogP contribution in [0.2, 0.25) is 15.1 Å². The van der Waals surface area contributed by atoms with Gasteiger partial charge in [-0.1, -0.05) is 72.3 Å². The van der Waals surface area contributed by atoms with Gasteiger partial charge in [0.25, 0.3) is 5.91 Å². The van der Waals surface area contributed by atoms with Crippen LogP contribution >= 0.6 is 47.2 Å². The number of hydrogen-bond donors (Lipinski definition) is 6. The molecule has 18 nitrogen and oxygen atoms in total. The van der Waals surface area contributed by atoms with Crippen molar-refractivity contribution in [2.24, 2.45) is 0 Å². The summed E-state index contributed by atoms with van der Waals surface area (Å²) in [6.07, 6.45) is 7.02.